The molecule has 0 saturated heterocycles. The lowest BCUT2D eigenvalue weighted by Crippen LogP contribution is -2.21. The first-order valence-corrected chi connectivity index (χ1v) is 8.66. The van der Waals surface area contributed by atoms with Crippen LogP contribution in [0, 0.1) is 11.6 Å². The van der Waals surface area contributed by atoms with E-state index in [1.54, 1.807) is 12.3 Å². The van der Waals surface area contributed by atoms with Crippen molar-refractivity contribution in [1.82, 2.24) is 14.5 Å². The number of anilines is 1. The molecule has 0 saturated carbocycles. The highest BCUT2D eigenvalue weighted by molar-refractivity contribution is 5.86. The van der Waals surface area contributed by atoms with Crippen molar-refractivity contribution in [3.8, 4) is 17.1 Å². The molecule has 142 valence electrons. The summed E-state index contributed by atoms with van der Waals surface area (Å²) in [7, 11) is 1.40. The van der Waals surface area contributed by atoms with Gasteiger partial charge in [0.15, 0.2) is 29.0 Å². The smallest absolute Gasteiger partial charge is 0.261 e. The number of halogens is 2. The Morgan fingerprint density at radius 3 is 2.70 bits per heavy atom. The lowest BCUT2D eigenvalue weighted by Gasteiger charge is -2.11. The Morgan fingerprint density at radius 1 is 1.26 bits per heavy atom. The van der Waals surface area contributed by atoms with Crippen LogP contribution in [0.4, 0.5) is 14.6 Å². The van der Waals surface area contributed by atoms with Gasteiger partial charge in [-0.05, 0) is 23.9 Å². The van der Waals surface area contributed by atoms with Gasteiger partial charge in [0.25, 0.3) is 5.56 Å². The number of unbranched alkanes of at least 4 members (excludes halogenated alkanes) is 2. The highest BCUT2D eigenvalue weighted by atomic mass is 19.2. The van der Waals surface area contributed by atoms with E-state index in [-0.39, 0.29) is 33.7 Å². The second-order valence-electron chi connectivity index (χ2n) is 6.18. The highest BCUT2D eigenvalue weighted by Gasteiger charge is 2.20. The summed E-state index contributed by atoms with van der Waals surface area (Å²) in [6.07, 6.45) is 5.62. The quantitative estimate of drug-likeness (QED) is 0.668. The third kappa shape index (κ3) is 3.47. The van der Waals surface area contributed by atoms with Crippen LogP contribution in [0.3, 0.4) is 0 Å². The summed E-state index contributed by atoms with van der Waals surface area (Å²) in [6.45, 7) is 2.51. The Balaban J connectivity index is 2.13. The average Bonchev–Trinajstić information content (AvgIpc) is 2.66. The van der Waals surface area contributed by atoms with Crippen molar-refractivity contribution < 1.29 is 13.5 Å². The molecule has 0 atom stereocenters. The monoisotopic (exact) mass is 374 g/mol. The molecule has 0 aliphatic heterocycles. The van der Waals surface area contributed by atoms with Crippen LogP contribution in [-0.4, -0.2) is 21.6 Å². The number of pyridine rings is 1. The highest BCUT2D eigenvalue weighted by Crippen LogP contribution is 2.29. The molecule has 0 amide bonds. The Hall–Kier alpha value is -3.03. The maximum atomic E-state index is 14.7. The fourth-order valence-corrected chi connectivity index (χ4v) is 2.92. The predicted octanol–water partition coefficient (Wildman–Crippen LogP) is 3.52. The summed E-state index contributed by atoms with van der Waals surface area (Å²) in [5.74, 6) is -2.24. The molecule has 0 spiro atoms. The second kappa shape index (κ2) is 7.69. The molecule has 2 N–H and O–H groups in total. The van der Waals surface area contributed by atoms with E-state index in [0.717, 1.165) is 19.3 Å². The summed E-state index contributed by atoms with van der Waals surface area (Å²) >= 11 is 0. The molecule has 2 aromatic heterocycles. The number of ether oxygens (including phenoxy) is 1. The molecule has 3 rings (SSSR count). The van der Waals surface area contributed by atoms with E-state index >= 15 is 0 Å². The van der Waals surface area contributed by atoms with Gasteiger partial charge in [-0.2, -0.15) is 0 Å². The zero-order chi connectivity index (χ0) is 19.6. The van der Waals surface area contributed by atoms with Crippen molar-refractivity contribution in [2.45, 2.75) is 32.7 Å². The summed E-state index contributed by atoms with van der Waals surface area (Å²) < 4.78 is 35.8. The Kier molecular flexibility index (Phi) is 5.34. The molecule has 0 bridgehead atoms. The van der Waals surface area contributed by atoms with Crippen LogP contribution >= 0.6 is 0 Å². The molecule has 1 aromatic carbocycles. The van der Waals surface area contributed by atoms with Gasteiger partial charge in [-0.15, -0.1) is 0 Å². The molecule has 0 aliphatic carbocycles. The zero-order valence-electron chi connectivity index (χ0n) is 15.1. The van der Waals surface area contributed by atoms with E-state index < -0.39 is 17.2 Å². The summed E-state index contributed by atoms with van der Waals surface area (Å²) in [4.78, 5) is 20.5. The lowest BCUT2D eigenvalue weighted by molar-refractivity contribution is 0.413. The lowest BCUT2D eigenvalue weighted by atomic mass is 10.1. The molecular formula is C19H20F2N4O2. The molecular weight excluding hydrogens is 354 g/mol. The predicted molar refractivity (Wildman–Crippen MR) is 99.6 cm³/mol. The number of hydrogen-bond acceptors (Lipinski definition) is 5. The summed E-state index contributed by atoms with van der Waals surface area (Å²) in [5, 5.41) is -0.00429. The zero-order valence-corrected chi connectivity index (χ0v) is 15.1. The van der Waals surface area contributed by atoms with E-state index in [0.29, 0.717) is 6.54 Å². The normalized spacial score (nSPS) is 11.1. The molecule has 27 heavy (non-hydrogen) atoms. The topological polar surface area (TPSA) is 83.0 Å². The molecule has 0 unspecified atom stereocenters. The Labute approximate surface area is 154 Å². The molecule has 0 fully saturated rings. The van der Waals surface area contributed by atoms with Crippen LogP contribution in [0.15, 0.2) is 29.3 Å². The van der Waals surface area contributed by atoms with Crippen molar-refractivity contribution in [1.29, 1.82) is 0 Å². The number of rotatable bonds is 6. The van der Waals surface area contributed by atoms with Crippen LogP contribution in [0.2, 0.25) is 0 Å². The van der Waals surface area contributed by atoms with Crippen LogP contribution in [0.1, 0.15) is 26.2 Å². The number of aryl methyl sites for hydroxylation is 1. The van der Waals surface area contributed by atoms with E-state index in [9.17, 15) is 13.6 Å². The fraction of sp³-hybridized carbons (Fsp3) is 0.316. The van der Waals surface area contributed by atoms with Crippen molar-refractivity contribution in [3.63, 3.8) is 0 Å². The minimum atomic E-state index is -1.21. The van der Waals surface area contributed by atoms with Crippen molar-refractivity contribution in [3.05, 3.63) is 46.5 Å². The maximum absolute atomic E-state index is 14.7. The number of nitrogen functional groups attached to an aromatic ring is 1. The van der Waals surface area contributed by atoms with Gasteiger partial charge in [-0.25, -0.2) is 18.7 Å². The molecule has 3 aromatic rings. The Morgan fingerprint density at radius 2 is 2.04 bits per heavy atom. The number of aromatic nitrogens is 3. The third-order valence-corrected chi connectivity index (χ3v) is 4.39. The molecule has 0 radical (unpaired) electrons. The molecule has 0 aliphatic rings. The molecule has 2 heterocycles. The summed E-state index contributed by atoms with van der Waals surface area (Å²) in [6, 6.07) is 2.94. The first-order chi connectivity index (χ1) is 13.0. The third-order valence-electron chi connectivity index (χ3n) is 4.39. The van der Waals surface area contributed by atoms with Gasteiger partial charge in [0.05, 0.1) is 24.3 Å². The van der Waals surface area contributed by atoms with Gasteiger partial charge in [-0.3, -0.25) is 4.79 Å². The number of hydrogen-bond donors (Lipinski definition) is 1. The SMILES string of the molecule is CCCCCn1ccc2cc(-c3ncc(OC)c(N)n3)c(F)c(F)c2c1=O. The fourth-order valence-electron chi connectivity index (χ4n) is 2.92. The molecule has 6 nitrogen and oxygen atoms in total. The first kappa shape index (κ1) is 18.8. The Bertz CT molecular complexity index is 1050. The minimum Gasteiger partial charge on any atom is -0.491 e. The van der Waals surface area contributed by atoms with Gasteiger partial charge in [0, 0.05) is 12.7 Å². The number of fused-ring (bicyclic) bond motifs is 1. The average molecular weight is 374 g/mol. The van der Waals surface area contributed by atoms with Gasteiger partial charge >= 0.3 is 0 Å². The van der Waals surface area contributed by atoms with E-state index in [4.69, 9.17) is 10.5 Å². The maximum Gasteiger partial charge on any atom is 0.261 e. The van der Waals surface area contributed by atoms with E-state index in [1.807, 2.05) is 6.92 Å². The molecule has 8 heteroatoms. The van der Waals surface area contributed by atoms with Gasteiger partial charge in [0.1, 0.15) is 0 Å². The summed E-state index contributed by atoms with van der Waals surface area (Å²) in [5.41, 5.74) is 5.00. The van der Waals surface area contributed by atoms with Crippen molar-refractivity contribution >= 4 is 16.6 Å². The van der Waals surface area contributed by atoms with Crippen LogP contribution in [-0.2, 0) is 6.54 Å². The second-order valence-corrected chi connectivity index (χ2v) is 6.18. The van der Waals surface area contributed by atoms with Gasteiger partial charge in [0.2, 0.25) is 0 Å². The number of benzene rings is 1. The number of nitrogens with two attached hydrogens (primary N) is 1. The minimum absolute atomic E-state index is 0.00810. The van der Waals surface area contributed by atoms with Crippen LogP contribution in [0.25, 0.3) is 22.2 Å². The van der Waals surface area contributed by atoms with Crippen molar-refractivity contribution in [2.24, 2.45) is 0 Å². The largest absolute Gasteiger partial charge is 0.491 e. The van der Waals surface area contributed by atoms with Crippen molar-refractivity contribution in [2.75, 3.05) is 12.8 Å². The van der Waals surface area contributed by atoms with Crippen LogP contribution < -0.4 is 16.0 Å². The number of methoxy groups -OCH3 is 1. The van der Waals surface area contributed by atoms with Gasteiger partial charge in [-0.1, -0.05) is 19.8 Å². The first-order valence-electron chi connectivity index (χ1n) is 8.66. The van der Waals surface area contributed by atoms with Gasteiger partial charge < -0.3 is 15.0 Å². The standard InChI is InChI=1S/C19H20F2N4O2/c1-3-4-5-7-25-8-6-11-9-12(15(20)16(21)14(11)19(25)26)18-23-10-13(27-2)17(22)24-18/h6,8-10H,3-5,7H2,1-2H3,(H2,22,23,24). The number of nitrogens with zero attached hydrogens (tertiary/aromatic N) is 3. The van der Waals surface area contributed by atoms with E-state index in [2.05, 4.69) is 9.97 Å². The van der Waals surface area contributed by atoms with Crippen LogP contribution in [0.5, 0.6) is 5.75 Å². The van der Waals surface area contributed by atoms with E-state index in [1.165, 1.54) is 23.9 Å².